The van der Waals surface area contributed by atoms with Crippen LogP contribution in [0.4, 0.5) is 5.82 Å². The van der Waals surface area contributed by atoms with Gasteiger partial charge in [-0.2, -0.15) is 5.10 Å². The lowest BCUT2D eigenvalue weighted by molar-refractivity contribution is -0.132. The Morgan fingerprint density at radius 2 is 2.24 bits per heavy atom. The standard InChI is InChI=1S/C12H20N4O/c1-12(5-3-2-4-6-12)11(17)14-7-9-8-15-16-10(9)13/h8H,2-7H2,1H3,(H,14,17)(H3,13,15,16). The van der Waals surface area contributed by atoms with Crippen molar-refractivity contribution in [1.82, 2.24) is 15.5 Å². The number of rotatable bonds is 3. The topological polar surface area (TPSA) is 83.8 Å². The molecular formula is C12H20N4O. The third kappa shape index (κ3) is 2.60. The van der Waals surface area contributed by atoms with Crippen molar-refractivity contribution >= 4 is 11.7 Å². The molecular weight excluding hydrogens is 216 g/mol. The first-order chi connectivity index (χ1) is 8.12. The quantitative estimate of drug-likeness (QED) is 0.745. The van der Waals surface area contributed by atoms with Crippen LogP contribution in [-0.2, 0) is 11.3 Å². The summed E-state index contributed by atoms with van der Waals surface area (Å²) in [7, 11) is 0. The molecule has 1 aliphatic rings. The number of carbonyl (C=O) groups is 1. The molecule has 0 atom stereocenters. The van der Waals surface area contributed by atoms with Gasteiger partial charge in [0.05, 0.1) is 6.20 Å². The van der Waals surface area contributed by atoms with Gasteiger partial charge in [-0.05, 0) is 12.8 Å². The predicted octanol–water partition coefficient (Wildman–Crippen LogP) is 1.58. The maximum absolute atomic E-state index is 12.1. The van der Waals surface area contributed by atoms with E-state index in [9.17, 15) is 4.79 Å². The van der Waals surface area contributed by atoms with Gasteiger partial charge in [0.25, 0.3) is 0 Å². The molecule has 4 N–H and O–H groups in total. The number of amides is 1. The fraction of sp³-hybridized carbons (Fsp3) is 0.667. The van der Waals surface area contributed by atoms with Crippen molar-refractivity contribution in [1.29, 1.82) is 0 Å². The lowest BCUT2D eigenvalue weighted by atomic mass is 9.75. The van der Waals surface area contributed by atoms with E-state index >= 15 is 0 Å². The molecule has 0 bridgehead atoms. The van der Waals surface area contributed by atoms with Crippen LogP contribution in [0.25, 0.3) is 0 Å². The van der Waals surface area contributed by atoms with E-state index < -0.39 is 0 Å². The van der Waals surface area contributed by atoms with E-state index in [1.165, 1.54) is 6.42 Å². The Kier molecular flexibility index (Phi) is 3.36. The number of nitrogens with zero attached hydrogens (tertiary/aromatic N) is 1. The highest BCUT2D eigenvalue weighted by molar-refractivity contribution is 5.82. The number of hydrogen-bond donors (Lipinski definition) is 3. The normalized spacial score (nSPS) is 18.9. The summed E-state index contributed by atoms with van der Waals surface area (Å²) < 4.78 is 0. The van der Waals surface area contributed by atoms with Crippen molar-refractivity contribution in [3.8, 4) is 0 Å². The van der Waals surface area contributed by atoms with Gasteiger partial charge in [0.2, 0.25) is 5.91 Å². The van der Waals surface area contributed by atoms with Gasteiger partial charge in [0.1, 0.15) is 5.82 Å². The number of hydrogen-bond acceptors (Lipinski definition) is 3. The van der Waals surface area contributed by atoms with Crippen LogP contribution in [-0.4, -0.2) is 16.1 Å². The Bertz CT molecular complexity index is 393. The lowest BCUT2D eigenvalue weighted by Gasteiger charge is -2.31. The van der Waals surface area contributed by atoms with Gasteiger partial charge in [0, 0.05) is 17.5 Å². The van der Waals surface area contributed by atoms with E-state index in [4.69, 9.17) is 5.73 Å². The molecule has 1 fully saturated rings. The number of carbonyl (C=O) groups excluding carboxylic acids is 1. The first kappa shape index (κ1) is 12.0. The minimum absolute atomic E-state index is 0.137. The minimum atomic E-state index is -0.198. The first-order valence-corrected chi connectivity index (χ1v) is 6.18. The van der Waals surface area contributed by atoms with Crippen LogP contribution < -0.4 is 11.1 Å². The summed E-state index contributed by atoms with van der Waals surface area (Å²) >= 11 is 0. The molecule has 0 spiro atoms. The Hall–Kier alpha value is -1.52. The molecule has 0 saturated heterocycles. The number of anilines is 1. The largest absolute Gasteiger partial charge is 0.384 e. The number of nitrogen functional groups attached to an aromatic ring is 1. The van der Waals surface area contributed by atoms with Crippen molar-refractivity contribution in [3.63, 3.8) is 0 Å². The summed E-state index contributed by atoms with van der Waals surface area (Å²) in [5, 5.41) is 9.44. The fourth-order valence-corrected chi connectivity index (χ4v) is 2.41. The molecule has 94 valence electrons. The molecule has 5 nitrogen and oxygen atoms in total. The zero-order chi connectivity index (χ0) is 12.3. The number of aromatic amines is 1. The Balaban J connectivity index is 1.91. The van der Waals surface area contributed by atoms with Crippen LogP contribution in [0, 0.1) is 5.41 Å². The molecule has 1 aromatic rings. The molecule has 1 aromatic heterocycles. The number of aromatic nitrogens is 2. The molecule has 1 aliphatic carbocycles. The van der Waals surface area contributed by atoms with Gasteiger partial charge in [-0.3, -0.25) is 9.89 Å². The zero-order valence-electron chi connectivity index (χ0n) is 10.3. The first-order valence-electron chi connectivity index (χ1n) is 6.18. The molecule has 0 aromatic carbocycles. The Labute approximate surface area is 101 Å². The summed E-state index contributed by atoms with van der Waals surface area (Å²) in [6.45, 7) is 2.51. The van der Waals surface area contributed by atoms with Crippen LogP contribution in [0.3, 0.4) is 0 Å². The van der Waals surface area contributed by atoms with Crippen molar-refractivity contribution in [2.45, 2.75) is 45.6 Å². The molecule has 1 heterocycles. The van der Waals surface area contributed by atoms with Gasteiger partial charge in [-0.25, -0.2) is 0 Å². The number of nitrogens with one attached hydrogen (secondary N) is 2. The second kappa shape index (κ2) is 4.77. The summed E-state index contributed by atoms with van der Waals surface area (Å²) in [5.41, 5.74) is 6.32. The molecule has 17 heavy (non-hydrogen) atoms. The van der Waals surface area contributed by atoms with Gasteiger partial charge in [-0.1, -0.05) is 26.2 Å². The average molecular weight is 236 g/mol. The molecule has 0 radical (unpaired) electrons. The summed E-state index contributed by atoms with van der Waals surface area (Å²) in [6.07, 6.45) is 7.17. The molecule has 1 amide bonds. The molecule has 0 unspecified atom stereocenters. The van der Waals surface area contributed by atoms with E-state index in [0.717, 1.165) is 31.2 Å². The van der Waals surface area contributed by atoms with E-state index in [-0.39, 0.29) is 11.3 Å². The van der Waals surface area contributed by atoms with Crippen LogP contribution in [0.5, 0.6) is 0 Å². The monoisotopic (exact) mass is 236 g/mol. The Morgan fingerprint density at radius 1 is 1.53 bits per heavy atom. The van der Waals surface area contributed by atoms with Crippen LogP contribution in [0.15, 0.2) is 6.20 Å². The van der Waals surface area contributed by atoms with Crippen molar-refractivity contribution in [2.24, 2.45) is 5.41 Å². The third-order valence-corrected chi connectivity index (χ3v) is 3.70. The van der Waals surface area contributed by atoms with E-state index in [1.54, 1.807) is 6.20 Å². The van der Waals surface area contributed by atoms with Gasteiger partial charge in [0.15, 0.2) is 0 Å². The molecule has 0 aliphatic heterocycles. The lowest BCUT2D eigenvalue weighted by Crippen LogP contribution is -2.39. The van der Waals surface area contributed by atoms with Gasteiger partial charge >= 0.3 is 0 Å². The van der Waals surface area contributed by atoms with Crippen LogP contribution in [0.2, 0.25) is 0 Å². The van der Waals surface area contributed by atoms with Crippen molar-refractivity contribution in [3.05, 3.63) is 11.8 Å². The fourth-order valence-electron chi connectivity index (χ4n) is 2.41. The summed E-state index contributed by atoms with van der Waals surface area (Å²) in [5.74, 6) is 0.664. The van der Waals surface area contributed by atoms with Crippen LogP contribution in [0.1, 0.15) is 44.6 Å². The minimum Gasteiger partial charge on any atom is -0.384 e. The highest BCUT2D eigenvalue weighted by Gasteiger charge is 2.34. The summed E-state index contributed by atoms with van der Waals surface area (Å²) in [6, 6.07) is 0. The average Bonchev–Trinajstić information content (AvgIpc) is 2.73. The third-order valence-electron chi connectivity index (χ3n) is 3.70. The van der Waals surface area contributed by atoms with Gasteiger partial charge in [-0.15, -0.1) is 0 Å². The second-order valence-corrected chi connectivity index (χ2v) is 5.11. The number of H-pyrrole nitrogens is 1. The highest BCUT2D eigenvalue weighted by atomic mass is 16.2. The van der Waals surface area contributed by atoms with E-state index in [1.807, 2.05) is 0 Å². The van der Waals surface area contributed by atoms with E-state index in [2.05, 4.69) is 22.4 Å². The maximum Gasteiger partial charge on any atom is 0.226 e. The zero-order valence-corrected chi connectivity index (χ0v) is 10.3. The molecule has 1 saturated carbocycles. The van der Waals surface area contributed by atoms with Crippen molar-refractivity contribution in [2.75, 3.05) is 5.73 Å². The molecule has 2 rings (SSSR count). The molecule has 5 heteroatoms. The second-order valence-electron chi connectivity index (χ2n) is 5.11. The maximum atomic E-state index is 12.1. The smallest absolute Gasteiger partial charge is 0.226 e. The highest BCUT2D eigenvalue weighted by Crippen LogP contribution is 2.35. The van der Waals surface area contributed by atoms with Crippen LogP contribution >= 0.6 is 0 Å². The number of nitrogens with two attached hydrogens (primary N) is 1. The van der Waals surface area contributed by atoms with Crippen molar-refractivity contribution < 1.29 is 4.79 Å². The SMILES string of the molecule is CC1(C(=O)NCc2cn[nH]c2N)CCCCC1. The van der Waals surface area contributed by atoms with Gasteiger partial charge < -0.3 is 11.1 Å². The Morgan fingerprint density at radius 3 is 2.82 bits per heavy atom. The van der Waals surface area contributed by atoms with E-state index in [0.29, 0.717) is 12.4 Å². The summed E-state index contributed by atoms with van der Waals surface area (Å²) in [4.78, 5) is 12.1. The predicted molar refractivity (Wildman–Crippen MR) is 66.0 cm³/mol.